The number of esters is 1. The molecule has 0 radical (unpaired) electrons. The Morgan fingerprint density at radius 2 is 2.04 bits per heavy atom. The van der Waals surface area contributed by atoms with Crippen LogP contribution < -0.4 is 5.32 Å². The summed E-state index contributed by atoms with van der Waals surface area (Å²) in [4.78, 5) is 29.1. The summed E-state index contributed by atoms with van der Waals surface area (Å²) in [5.74, 6) is -1.17. The van der Waals surface area contributed by atoms with Gasteiger partial charge in [0.1, 0.15) is 5.82 Å². The summed E-state index contributed by atoms with van der Waals surface area (Å²) in [6.07, 6.45) is -0.547. The van der Waals surface area contributed by atoms with Crippen LogP contribution in [-0.4, -0.2) is 30.3 Å². The first-order valence-electron chi connectivity index (χ1n) is 8.13. The maximum absolute atomic E-state index is 13.3. The van der Waals surface area contributed by atoms with Crippen molar-refractivity contribution in [1.82, 2.24) is 0 Å². The first-order valence-corrected chi connectivity index (χ1v) is 8.13. The Bertz CT molecular complexity index is 849. The Kier molecular flexibility index (Phi) is 5.26. The zero-order chi connectivity index (χ0) is 18.5. The highest BCUT2D eigenvalue weighted by Gasteiger charge is 2.29. The van der Waals surface area contributed by atoms with Gasteiger partial charge in [-0.2, -0.15) is 0 Å². The van der Waals surface area contributed by atoms with Crippen molar-refractivity contribution in [3.63, 3.8) is 0 Å². The van der Waals surface area contributed by atoms with E-state index in [4.69, 9.17) is 9.57 Å². The van der Waals surface area contributed by atoms with Crippen LogP contribution in [0.3, 0.4) is 0 Å². The summed E-state index contributed by atoms with van der Waals surface area (Å²) in [6.45, 7) is 2.03. The molecule has 0 aliphatic carbocycles. The smallest absolute Gasteiger partial charge is 0.338 e. The lowest BCUT2D eigenvalue weighted by molar-refractivity contribution is -0.125. The van der Waals surface area contributed by atoms with E-state index in [2.05, 4.69) is 10.5 Å². The van der Waals surface area contributed by atoms with Gasteiger partial charge in [-0.15, -0.1) is 0 Å². The lowest BCUT2D eigenvalue weighted by atomic mass is 10.0. The number of amides is 1. The van der Waals surface area contributed by atoms with Crippen molar-refractivity contribution in [2.24, 2.45) is 5.16 Å². The van der Waals surface area contributed by atoms with Gasteiger partial charge in [0, 0.05) is 17.7 Å². The lowest BCUT2D eigenvalue weighted by Gasteiger charge is -2.10. The number of carbonyl (C=O) groups excluding carboxylic acids is 2. The molecule has 0 saturated carbocycles. The number of benzene rings is 2. The van der Waals surface area contributed by atoms with Crippen molar-refractivity contribution in [1.29, 1.82) is 0 Å². The van der Waals surface area contributed by atoms with Crippen LogP contribution in [0.25, 0.3) is 0 Å². The van der Waals surface area contributed by atoms with Crippen LogP contribution in [0.15, 0.2) is 53.7 Å². The zero-order valence-corrected chi connectivity index (χ0v) is 14.1. The zero-order valence-electron chi connectivity index (χ0n) is 14.1. The maximum atomic E-state index is 13.3. The second-order valence-corrected chi connectivity index (χ2v) is 5.63. The van der Waals surface area contributed by atoms with Crippen molar-refractivity contribution in [3.05, 3.63) is 65.5 Å². The summed E-state index contributed by atoms with van der Waals surface area (Å²) >= 11 is 0. The molecule has 1 atom stereocenters. The number of nitrogens with one attached hydrogen (secondary N) is 1. The molecular formula is C19H17FN2O4. The Morgan fingerprint density at radius 1 is 1.27 bits per heavy atom. The fourth-order valence-electron chi connectivity index (χ4n) is 2.48. The van der Waals surface area contributed by atoms with E-state index in [-0.39, 0.29) is 18.1 Å². The topological polar surface area (TPSA) is 77.0 Å². The van der Waals surface area contributed by atoms with Gasteiger partial charge in [0.05, 0.1) is 17.9 Å². The molecule has 0 saturated heterocycles. The van der Waals surface area contributed by atoms with Gasteiger partial charge in [-0.1, -0.05) is 17.3 Å². The number of nitrogens with zero attached hydrogens (tertiary/aromatic N) is 1. The molecule has 1 N–H and O–H groups in total. The van der Waals surface area contributed by atoms with Gasteiger partial charge >= 0.3 is 5.97 Å². The molecule has 0 spiro atoms. The average molecular weight is 356 g/mol. The Balaban J connectivity index is 1.59. The third-order valence-electron chi connectivity index (χ3n) is 3.78. The standard InChI is InChI=1S/C19H17FN2O4/c1-2-25-19(24)12-6-8-15(9-7-12)21-18(23)17-11-16(22-26-17)13-4-3-5-14(20)10-13/h3-10,17H,2,11H2,1H3,(H,21,23)/t17-/m1/s1. The highest BCUT2D eigenvalue weighted by atomic mass is 19.1. The molecule has 1 heterocycles. The Morgan fingerprint density at radius 3 is 2.73 bits per heavy atom. The van der Waals surface area contributed by atoms with E-state index in [1.807, 2.05) is 0 Å². The van der Waals surface area contributed by atoms with Crippen LogP contribution in [0.4, 0.5) is 10.1 Å². The highest BCUT2D eigenvalue weighted by Crippen LogP contribution is 2.19. The van der Waals surface area contributed by atoms with Gasteiger partial charge < -0.3 is 14.9 Å². The molecule has 1 aliphatic rings. The minimum atomic E-state index is -0.794. The van der Waals surface area contributed by atoms with Crippen molar-refractivity contribution >= 4 is 23.3 Å². The van der Waals surface area contributed by atoms with Gasteiger partial charge in [0.2, 0.25) is 6.10 Å². The van der Waals surface area contributed by atoms with Crippen LogP contribution in [0, 0.1) is 5.82 Å². The van der Waals surface area contributed by atoms with E-state index in [9.17, 15) is 14.0 Å². The first-order chi connectivity index (χ1) is 12.6. The number of hydrogen-bond acceptors (Lipinski definition) is 5. The summed E-state index contributed by atoms with van der Waals surface area (Å²) in [5, 5.41) is 6.58. The lowest BCUT2D eigenvalue weighted by Crippen LogP contribution is -2.28. The normalized spacial score (nSPS) is 15.8. The van der Waals surface area contributed by atoms with Crippen LogP contribution in [-0.2, 0) is 14.4 Å². The molecule has 6 nitrogen and oxygen atoms in total. The van der Waals surface area contributed by atoms with Crippen LogP contribution in [0.1, 0.15) is 29.3 Å². The molecule has 0 bridgehead atoms. The summed E-state index contributed by atoms with van der Waals surface area (Å²) in [6, 6.07) is 12.3. The predicted octanol–water partition coefficient (Wildman–Crippen LogP) is 3.13. The summed E-state index contributed by atoms with van der Waals surface area (Å²) in [7, 11) is 0. The van der Waals surface area contributed by atoms with Crippen molar-refractivity contribution in [2.75, 3.05) is 11.9 Å². The van der Waals surface area contributed by atoms with E-state index in [0.29, 0.717) is 29.1 Å². The largest absolute Gasteiger partial charge is 0.462 e. The highest BCUT2D eigenvalue weighted by molar-refractivity contribution is 6.06. The predicted molar refractivity (Wildman–Crippen MR) is 93.5 cm³/mol. The van der Waals surface area contributed by atoms with E-state index < -0.39 is 12.1 Å². The van der Waals surface area contributed by atoms with Crippen LogP contribution in [0.2, 0.25) is 0 Å². The summed E-state index contributed by atoms with van der Waals surface area (Å²) in [5.41, 5.74) is 2.02. The third kappa shape index (κ3) is 4.05. The third-order valence-corrected chi connectivity index (χ3v) is 3.78. The first kappa shape index (κ1) is 17.6. The fraction of sp³-hybridized carbons (Fsp3) is 0.211. The molecule has 7 heteroatoms. The van der Waals surface area contributed by atoms with Crippen molar-refractivity contribution in [2.45, 2.75) is 19.4 Å². The minimum Gasteiger partial charge on any atom is -0.462 e. The molecule has 2 aromatic carbocycles. The monoisotopic (exact) mass is 356 g/mol. The van der Waals surface area contributed by atoms with Crippen molar-refractivity contribution < 1.29 is 23.6 Å². The maximum Gasteiger partial charge on any atom is 0.338 e. The Labute approximate surface area is 149 Å². The molecule has 0 aromatic heterocycles. The molecule has 2 aromatic rings. The number of carbonyl (C=O) groups is 2. The minimum absolute atomic E-state index is 0.246. The van der Waals surface area contributed by atoms with Gasteiger partial charge in [-0.05, 0) is 43.3 Å². The molecule has 134 valence electrons. The van der Waals surface area contributed by atoms with Crippen LogP contribution in [0.5, 0.6) is 0 Å². The van der Waals surface area contributed by atoms with Crippen molar-refractivity contribution in [3.8, 4) is 0 Å². The number of oxime groups is 1. The van der Waals surface area contributed by atoms with Gasteiger partial charge in [-0.25, -0.2) is 9.18 Å². The number of halogens is 1. The Hall–Kier alpha value is -3.22. The molecule has 26 heavy (non-hydrogen) atoms. The average Bonchev–Trinajstić information content (AvgIpc) is 3.13. The van der Waals surface area contributed by atoms with E-state index in [0.717, 1.165) is 0 Å². The quantitative estimate of drug-likeness (QED) is 0.835. The van der Waals surface area contributed by atoms with Gasteiger partial charge in [-0.3, -0.25) is 4.79 Å². The molecule has 1 aliphatic heterocycles. The molecule has 0 unspecified atom stereocenters. The molecular weight excluding hydrogens is 339 g/mol. The van der Waals surface area contributed by atoms with Crippen LogP contribution >= 0.6 is 0 Å². The number of hydrogen-bond donors (Lipinski definition) is 1. The van der Waals surface area contributed by atoms with Gasteiger partial charge in [0.15, 0.2) is 0 Å². The molecule has 3 rings (SSSR count). The van der Waals surface area contributed by atoms with Gasteiger partial charge in [0.25, 0.3) is 5.91 Å². The molecule has 1 amide bonds. The number of anilines is 1. The molecule has 0 fully saturated rings. The van der Waals surface area contributed by atoms with E-state index in [1.165, 1.54) is 12.1 Å². The number of ether oxygens (including phenoxy) is 1. The van der Waals surface area contributed by atoms with E-state index in [1.54, 1.807) is 43.3 Å². The fourth-order valence-corrected chi connectivity index (χ4v) is 2.48. The second-order valence-electron chi connectivity index (χ2n) is 5.63. The van der Waals surface area contributed by atoms with E-state index >= 15 is 0 Å². The summed E-state index contributed by atoms with van der Waals surface area (Å²) < 4.78 is 18.2. The SMILES string of the molecule is CCOC(=O)c1ccc(NC(=O)[C@H]2CC(c3cccc(F)c3)=NO2)cc1. The second kappa shape index (κ2) is 7.77. The number of rotatable bonds is 5.